The van der Waals surface area contributed by atoms with Gasteiger partial charge in [-0.15, -0.1) is 0 Å². The number of amides is 1. The molecule has 0 spiro atoms. The second-order valence-electron chi connectivity index (χ2n) is 10.2. The Morgan fingerprint density at radius 2 is 1.63 bits per heavy atom. The summed E-state index contributed by atoms with van der Waals surface area (Å²) in [6, 6.07) is 8.49. The highest BCUT2D eigenvalue weighted by molar-refractivity contribution is 6.30. The van der Waals surface area contributed by atoms with E-state index in [2.05, 4.69) is 0 Å². The first-order valence-corrected chi connectivity index (χ1v) is 11.9. The zero-order chi connectivity index (χ0) is 26.1. The summed E-state index contributed by atoms with van der Waals surface area (Å²) in [6.07, 6.45) is 0.522. The number of rotatable bonds is 5. The van der Waals surface area contributed by atoms with Crippen LogP contribution in [0.4, 0.5) is 9.18 Å². The molecule has 35 heavy (non-hydrogen) atoms. The summed E-state index contributed by atoms with van der Waals surface area (Å²) in [5.74, 6) is -2.29. The number of Topliss-reactive ketones (excluding diaryl/α,β-unsaturated/α-hetero) is 1. The monoisotopic (exact) mass is 503 g/mol. The number of aliphatic hydroxyl groups is 1. The van der Waals surface area contributed by atoms with E-state index >= 15 is 4.39 Å². The van der Waals surface area contributed by atoms with E-state index in [1.165, 1.54) is 37.3 Å². The smallest absolute Gasteiger partial charge is 0.410 e. The average Bonchev–Trinajstić information content (AvgIpc) is 2.77. The predicted molar refractivity (Wildman–Crippen MR) is 131 cm³/mol. The topological polar surface area (TPSA) is 83.9 Å². The van der Waals surface area contributed by atoms with Crippen LogP contribution < -0.4 is 0 Å². The summed E-state index contributed by atoms with van der Waals surface area (Å²) in [7, 11) is 0. The summed E-state index contributed by atoms with van der Waals surface area (Å²) in [4.78, 5) is 39.4. The van der Waals surface area contributed by atoms with E-state index in [0.717, 1.165) is 6.07 Å². The van der Waals surface area contributed by atoms with E-state index < -0.39 is 34.7 Å². The fraction of sp³-hybridized carbons (Fsp3) is 0.444. The Kier molecular flexibility index (Phi) is 7.72. The second kappa shape index (κ2) is 10.1. The first-order chi connectivity index (χ1) is 16.2. The number of carbonyl (C=O) groups excluding carboxylic acids is 3. The van der Waals surface area contributed by atoms with Gasteiger partial charge < -0.3 is 14.7 Å². The van der Waals surface area contributed by atoms with Gasteiger partial charge in [-0.05, 0) is 95.3 Å². The van der Waals surface area contributed by atoms with Gasteiger partial charge in [-0.3, -0.25) is 9.59 Å². The normalized spacial score (nSPS) is 16.5. The molecule has 2 aromatic rings. The average molecular weight is 504 g/mol. The molecule has 1 heterocycles. The number of carbonyl (C=O) groups is 3. The number of ketones is 2. The van der Waals surface area contributed by atoms with E-state index in [9.17, 15) is 19.5 Å². The van der Waals surface area contributed by atoms with E-state index in [1.807, 2.05) is 0 Å². The van der Waals surface area contributed by atoms with Crippen molar-refractivity contribution in [2.45, 2.75) is 58.7 Å². The van der Waals surface area contributed by atoms with Gasteiger partial charge in [-0.1, -0.05) is 11.6 Å². The maximum absolute atomic E-state index is 15.3. The summed E-state index contributed by atoms with van der Waals surface area (Å²) in [5, 5.41) is 11.8. The van der Waals surface area contributed by atoms with Gasteiger partial charge in [0.15, 0.2) is 11.6 Å². The van der Waals surface area contributed by atoms with E-state index in [1.54, 1.807) is 32.6 Å². The Hall–Kier alpha value is -2.77. The van der Waals surface area contributed by atoms with E-state index in [-0.39, 0.29) is 28.2 Å². The zero-order valence-electron chi connectivity index (χ0n) is 20.7. The molecule has 1 unspecified atom stereocenters. The Morgan fingerprint density at radius 3 is 2.14 bits per heavy atom. The molecule has 0 bridgehead atoms. The SMILES string of the molecule is CC(=O)c1cc(C(C)(O)C2CCN(C(=O)OC(C)(C)C)CC2)cc(F)c1C(=O)c1ccc(Cl)cc1. The highest BCUT2D eigenvalue weighted by atomic mass is 35.5. The van der Waals surface area contributed by atoms with Crippen LogP contribution in [-0.4, -0.2) is 46.4 Å². The predicted octanol–water partition coefficient (Wildman–Crippen LogP) is 5.77. The largest absolute Gasteiger partial charge is 0.444 e. The molecule has 3 rings (SSSR count). The van der Waals surface area contributed by atoms with Gasteiger partial charge in [0.05, 0.1) is 11.2 Å². The number of hydrogen-bond acceptors (Lipinski definition) is 5. The van der Waals surface area contributed by atoms with Crippen LogP contribution in [-0.2, 0) is 10.3 Å². The van der Waals surface area contributed by atoms with Crippen LogP contribution in [0.2, 0.25) is 5.02 Å². The van der Waals surface area contributed by atoms with Crippen LogP contribution >= 0.6 is 11.6 Å². The molecule has 2 aromatic carbocycles. The van der Waals surface area contributed by atoms with Crippen molar-refractivity contribution in [3.63, 3.8) is 0 Å². The molecule has 1 amide bonds. The summed E-state index contributed by atoms with van der Waals surface area (Å²) in [6.45, 7) is 8.97. The zero-order valence-corrected chi connectivity index (χ0v) is 21.4. The van der Waals surface area contributed by atoms with Crippen LogP contribution in [0.5, 0.6) is 0 Å². The minimum Gasteiger partial charge on any atom is -0.444 e. The van der Waals surface area contributed by atoms with Crippen LogP contribution in [0.15, 0.2) is 36.4 Å². The highest BCUT2D eigenvalue weighted by Crippen LogP contribution is 2.38. The first-order valence-electron chi connectivity index (χ1n) is 11.6. The molecule has 1 N–H and O–H groups in total. The Morgan fingerprint density at radius 1 is 1.06 bits per heavy atom. The van der Waals surface area contributed by atoms with E-state index in [0.29, 0.717) is 31.0 Å². The van der Waals surface area contributed by atoms with Crippen LogP contribution in [0.3, 0.4) is 0 Å². The number of halogens is 2. The molecule has 188 valence electrons. The minimum absolute atomic E-state index is 0.0913. The summed E-state index contributed by atoms with van der Waals surface area (Å²) in [5.41, 5.74) is -2.10. The highest BCUT2D eigenvalue weighted by Gasteiger charge is 2.39. The molecule has 0 aliphatic carbocycles. The van der Waals surface area contributed by atoms with Gasteiger partial charge in [-0.25, -0.2) is 9.18 Å². The minimum atomic E-state index is -1.48. The molecule has 1 aliphatic rings. The van der Waals surface area contributed by atoms with E-state index in [4.69, 9.17) is 16.3 Å². The maximum atomic E-state index is 15.3. The molecule has 0 radical (unpaired) electrons. The van der Waals surface area contributed by atoms with Crippen molar-refractivity contribution in [3.05, 3.63) is 69.5 Å². The maximum Gasteiger partial charge on any atom is 0.410 e. The number of likely N-dealkylation sites (tertiary alicyclic amines) is 1. The molecule has 1 aliphatic heterocycles. The third-order valence-electron chi connectivity index (χ3n) is 6.33. The fourth-order valence-corrected chi connectivity index (χ4v) is 4.47. The van der Waals surface area contributed by atoms with Gasteiger partial charge in [0, 0.05) is 29.2 Å². The van der Waals surface area contributed by atoms with Gasteiger partial charge in [-0.2, -0.15) is 0 Å². The molecular formula is C27H31ClFNO5. The van der Waals surface area contributed by atoms with Gasteiger partial charge >= 0.3 is 6.09 Å². The standard InChI is InChI=1S/C27H31ClFNO5/c1-16(31)21-14-19(15-22(29)23(21)24(32)17-6-8-20(28)9-7-17)27(5,34)18-10-12-30(13-11-18)25(33)35-26(2,3)4/h6-9,14-15,18,34H,10-13H2,1-5H3. The summed E-state index contributed by atoms with van der Waals surface area (Å²) < 4.78 is 20.7. The van der Waals surface area contributed by atoms with Gasteiger partial charge in [0.2, 0.25) is 0 Å². The first kappa shape index (κ1) is 26.8. The third-order valence-corrected chi connectivity index (χ3v) is 6.58. The molecule has 1 saturated heterocycles. The molecule has 8 heteroatoms. The Balaban J connectivity index is 1.87. The van der Waals surface area contributed by atoms with Crippen molar-refractivity contribution in [2.75, 3.05) is 13.1 Å². The number of hydrogen-bond donors (Lipinski definition) is 1. The second-order valence-corrected chi connectivity index (χ2v) is 10.6. The van der Waals surface area contributed by atoms with Crippen LogP contribution in [0, 0.1) is 11.7 Å². The lowest BCUT2D eigenvalue weighted by Gasteiger charge is -2.40. The molecule has 0 saturated carbocycles. The molecular weight excluding hydrogens is 473 g/mol. The van der Waals surface area contributed by atoms with Crippen molar-refractivity contribution in [3.8, 4) is 0 Å². The molecule has 1 atom stereocenters. The number of ether oxygens (including phenoxy) is 1. The van der Waals surface area contributed by atoms with Crippen molar-refractivity contribution < 1.29 is 28.6 Å². The Labute approximate surface area is 210 Å². The number of nitrogens with zero attached hydrogens (tertiary/aromatic N) is 1. The lowest BCUT2D eigenvalue weighted by atomic mass is 9.76. The van der Waals surface area contributed by atoms with Crippen molar-refractivity contribution in [1.82, 2.24) is 4.90 Å². The lowest BCUT2D eigenvalue weighted by Crippen LogP contribution is -2.46. The van der Waals surface area contributed by atoms with Crippen LogP contribution in [0.1, 0.15) is 79.3 Å². The van der Waals surface area contributed by atoms with Crippen molar-refractivity contribution in [2.24, 2.45) is 5.92 Å². The quantitative estimate of drug-likeness (QED) is 0.524. The van der Waals surface area contributed by atoms with Crippen molar-refractivity contribution >= 4 is 29.3 Å². The summed E-state index contributed by atoms with van der Waals surface area (Å²) >= 11 is 5.88. The molecule has 1 fully saturated rings. The molecule has 0 aromatic heterocycles. The van der Waals surface area contributed by atoms with Crippen LogP contribution in [0.25, 0.3) is 0 Å². The number of benzene rings is 2. The molecule has 6 nitrogen and oxygen atoms in total. The van der Waals surface area contributed by atoms with Crippen molar-refractivity contribution in [1.29, 1.82) is 0 Å². The lowest BCUT2D eigenvalue weighted by molar-refractivity contribution is -0.0386. The fourth-order valence-electron chi connectivity index (χ4n) is 4.34. The Bertz CT molecular complexity index is 1130. The van der Waals surface area contributed by atoms with Gasteiger partial charge in [0.25, 0.3) is 0 Å². The number of piperidine rings is 1. The third kappa shape index (κ3) is 6.08. The van der Waals surface area contributed by atoms with Gasteiger partial charge in [0.1, 0.15) is 11.4 Å².